The van der Waals surface area contributed by atoms with Crippen molar-refractivity contribution in [3.63, 3.8) is 0 Å². The molecule has 1 aromatic heterocycles. The van der Waals surface area contributed by atoms with Crippen LogP contribution >= 0.6 is 0 Å². The fraction of sp³-hybridized carbons (Fsp3) is 0.727. The van der Waals surface area contributed by atoms with Gasteiger partial charge >= 0.3 is 0 Å². The molecule has 1 aliphatic carbocycles. The van der Waals surface area contributed by atoms with E-state index in [-0.39, 0.29) is 0 Å². The lowest BCUT2D eigenvalue weighted by molar-refractivity contribution is 0.407. The lowest BCUT2D eigenvalue weighted by Gasteiger charge is -2.20. The topological polar surface area (TPSA) is 52.0 Å². The third kappa shape index (κ3) is 1.98. The second-order valence-electron chi connectivity index (χ2n) is 4.09. The monoisotopic (exact) mass is 194 g/mol. The van der Waals surface area contributed by atoms with E-state index >= 15 is 0 Å². The third-order valence-corrected chi connectivity index (χ3v) is 3.10. The fourth-order valence-electron chi connectivity index (χ4n) is 2.34. The van der Waals surface area contributed by atoms with E-state index in [1.807, 2.05) is 6.26 Å². The van der Waals surface area contributed by atoms with Crippen LogP contribution in [0.15, 0.2) is 10.8 Å². The van der Waals surface area contributed by atoms with Gasteiger partial charge in [-0.1, -0.05) is 24.4 Å². The number of nitrogens with two attached hydrogens (primary N) is 1. The van der Waals surface area contributed by atoms with Crippen LogP contribution in [-0.2, 0) is 6.42 Å². The van der Waals surface area contributed by atoms with Crippen molar-refractivity contribution in [3.8, 4) is 0 Å². The van der Waals surface area contributed by atoms with Crippen LogP contribution in [0.1, 0.15) is 49.3 Å². The second-order valence-corrected chi connectivity index (χ2v) is 4.09. The predicted octanol–water partition coefficient (Wildman–Crippen LogP) is 2.22. The standard InChI is InChI=1S/C11H18N2O/c12-7-6-11-10(8-14-13-11)9-4-2-1-3-5-9/h8-9H,1-7,12H2. The molecule has 0 aliphatic heterocycles. The average Bonchev–Trinajstić information content (AvgIpc) is 2.68. The molecule has 14 heavy (non-hydrogen) atoms. The first-order chi connectivity index (χ1) is 6.92. The average molecular weight is 194 g/mol. The number of rotatable bonds is 3. The molecule has 1 saturated carbocycles. The molecule has 0 unspecified atom stereocenters. The maximum Gasteiger partial charge on any atom is 0.127 e. The summed E-state index contributed by atoms with van der Waals surface area (Å²) in [6.07, 6.45) is 9.32. The molecule has 3 heteroatoms. The van der Waals surface area contributed by atoms with E-state index in [4.69, 9.17) is 10.3 Å². The summed E-state index contributed by atoms with van der Waals surface area (Å²) in [5.74, 6) is 0.677. The van der Waals surface area contributed by atoms with Gasteiger partial charge in [-0.25, -0.2) is 0 Å². The lowest BCUT2D eigenvalue weighted by Crippen LogP contribution is -2.09. The van der Waals surface area contributed by atoms with E-state index < -0.39 is 0 Å². The van der Waals surface area contributed by atoms with Crippen LogP contribution in [0.25, 0.3) is 0 Å². The van der Waals surface area contributed by atoms with E-state index in [2.05, 4.69) is 5.16 Å². The zero-order chi connectivity index (χ0) is 9.80. The Morgan fingerprint density at radius 1 is 1.36 bits per heavy atom. The summed E-state index contributed by atoms with van der Waals surface area (Å²) in [5.41, 5.74) is 7.93. The predicted molar refractivity (Wildman–Crippen MR) is 55.1 cm³/mol. The van der Waals surface area contributed by atoms with Crippen molar-refractivity contribution < 1.29 is 4.52 Å². The molecule has 1 heterocycles. The van der Waals surface area contributed by atoms with Crippen molar-refractivity contribution in [3.05, 3.63) is 17.5 Å². The molecule has 78 valence electrons. The van der Waals surface area contributed by atoms with Gasteiger partial charge in [0.15, 0.2) is 0 Å². The van der Waals surface area contributed by atoms with Crippen molar-refractivity contribution in [1.29, 1.82) is 0 Å². The van der Waals surface area contributed by atoms with Crippen LogP contribution in [-0.4, -0.2) is 11.7 Å². The van der Waals surface area contributed by atoms with Crippen LogP contribution in [0.5, 0.6) is 0 Å². The molecule has 2 N–H and O–H groups in total. The Hall–Kier alpha value is -0.830. The molecule has 0 aromatic carbocycles. The first kappa shape index (κ1) is 9.71. The van der Waals surface area contributed by atoms with Gasteiger partial charge in [-0.3, -0.25) is 0 Å². The maximum absolute atomic E-state index is 5.54. The third-order valence-electron chi connectivity index (χ3n) is 3.10. The Balaban J connectivity index is 2.09. The zero-order valence-corrected chi connectivity index (χ0v) is 8.54. The Morgan fingerprint density at radius 2 is 2.14 bits per heavy atom. The molecule has 0 atom stereocenters. The fourth-order valence-corrected chi connectivity index (χ4v) is 2.34. The summed E-state index contributed by atoms with van der Waals surface area (Å²) in [6.45, 7) is 0.659. The quantitative estimate of drug-likeness (QED) is 0.802. The van der Waals surface area contributed by atoms with Crippen LogP contribution in [0, 0.1) is 0 Å². The Kier molecular flexibility index (Phi) is 3.19. The maximum atomic E-state index is 5.54. The summed E-state index contributed by atoms with van der Waals surface area (Å²) < 4.78 is 5.05. The van der Waals surface area contributed by atoms with Crippen LogP contribution in [0.4, 0.5) is 0 Å². The summed E-state index contributed by atoms with van der Waals surface area (Å²) >= 11 is 0. The van der Waals surface area contributed by atoms with E-state index in [1.165, 1.54) is 37.7 Å². The molecule has 0 bridgehead atoms. The zero-order valence-electron chi connectivity index (χ0n) is 8.54. The SMILES string of the molecule is NCCc1nocc1C1CCCCC1. The van der Waals surface area contributed by atoms with E-state index in [9.17, 15) is 0 Å². The molecule has 1 fully saturated rings. The Morgan fingerprint density at radius 3 is 2.86 bits per heavy atom. The van der Waals surface area contributed by atoms with Crippen LogP contribution in [0.2, 0.25) is 0 Å². The summed E-state index contributed by atoms with van der Waals surface area (Å²) in [6, 6.07) is 0. The minimum Gasteiger partial charge on any atom is -0.364 e. The second kappa shape index (κ2) is 4.60. The summed E-state index contributed by atoms with van der Waals surface area (Å²) in [7, 11) is 0. The highest BCUT2D eigenvalue weighted by Gasteiger charge is 2.20. The van der Waals surface area contributed by atoms with Crippen LogP contribution < -0.4 is 5.73 Å². The largest absolute Gasteiger partial charge is 0.364 e. The van der Waals surface area contributed by atoms with E-state index in [0.717, 1.165) is 12.1 Å². The summed E-state index contributed by atoms with van der Waals surface area (Å²) in [4.78, 5) is 0. The Labute approximate surface area is 84.7 Å². The smallest absolute Gasteiger partial charge is 0.127 e. The Bertz CT molecular complexity index is 277. The highest BCUT2D eigenvalue weighted by Crippen LogP contribution is 2.34. The normalized spacial score (nSPS) is 18.6. The molecular formula is C11H18N2O. The van der Waals surface area contributed by atoms with Gasteiger partial charge in [-0.15, -0.1) is 0 Å². The first-order valence-electron chi connectivity index (χ1n) is 5.55. The number of hydrogen-bond acceptors (Lipinski definition) is 3. The summed E-state index contributed by atoms with van der Waals surface area (Å²) in [5, 5.41) is 4.03. The molecule has 2 rings (SSSR count). The van der Waals surface area contributed by atoms with Gasteiger partial charge in [0, 0.05) is 12.0 Å². The molecule has 3 nitrogen and oxygen atoms in total. The minimum absolute atomic E-state index is 0.659. The lowest BCUT2D eigenvalue weighted by atomic mass is 9.84. The number of nitrogens with zero attached hydrogens (tertiary/aromatic N) is 1. The number of aromatic nitrogens is 1. The molecule has 0 saturated heterocycles. The van der Waals surface area contributed by atoms with Crippen molar-refractivity contribution >= 4 is 0 Å². The van der Waals surface area contributed by atoms with Crippen molar-refractivity contribution in [2.75, 3.05) is 6.54 Å². The van der Waals surface area contributed by atoms with Gasteiger partial charge < -0.3 is 10.3 Å². The van der Waals surface area contributed by atoms with Gasteiger partial charge in [0.2, 0.25) is 0 Å². The molecular weight excluding hydrogens is 176 g/mol. The van der Waals surface area contributed by atoms with Gasteiger partial charge in [0.25, 0.3) is 0 Å². The van der Waals surface area contributed by atoms with Crippen molar-refractivity contribution in [1.82, 2.24) is 5.16 Å². The highest BCUT2D eigenvalue weighted by atomic mass is 16.5. The van der Waals surface area contributed by atoms with E-state index in [1.54, 1.807) is 0 Å². The molecule has 0 spiro atoms. The first-order valence-corrected chi connectivity index (χ1v) is 5.55. The molecule has 0 radical (unpaired) electrons. The number of hydrogen-bond donors (Lipinski definition) is 1. The van der Waals surface area contributed by atoms with Gasteiger partial charge in [0.1, 0.15) is 6.26 Å². The van der Waals surface area contributed by atoms with Crippen molar-refractivity contribution in [2.24, 2.45) is 5.73 Å². The van der Waals surface area contributed by atoms with Gasteiger partial charge in [0.05, 0.1) is 5.69 Å². The minimum atomic E-state index is 0.659. The highest BCUT2D eigenvalue weighted by molar-refractivity contribution is 5.20. The van der Waals surface area contributed by atoms with E-state index in [0.29, 0.717) is 12.5 Å². The molecule has 1 aliphatic rings. The van der Waals surface area contributed by atoms with Gasteiger partial charge in [-0.2, -0.15) is 0 Å². The molecule has 0 amide bonds. The van der Waals surface area contributed by atoms with Gasteiger partial charge in [-0.05, 0) is 25.3 Å². The van der Waals surface area contributed by atoms with Crippen molar-refractivity contribution in [2.45, 2.75) is 44.4 Å². The van der Waals surface area contributed by atoms with Crippen LogP contribution in [0.3, 0.4) is 0 Å². The molecule has 1 aromatic rings.